The van der Waals surface area contributed by atoms with E-state index in [0.717, 1.165) is 54.0 Å². The largest absolute Gasteiger partial charge is 0.490 e. The minimum absolute atomic E-state index is 0.0984. The Labute approximate surface area is 154 Å². The molecule has 0 aromatic heterocycles. The average molecular weight is 351 g/mol. The van der Waals surface area contributed by atoms with Gasteiger partial charge in [0.15, 0.2) is 11.5 Å². The SMILES string of the molecule is Cc1ccc(C(=O)N2CCC[C@@H]2c2ccc3c(c2)OCCCO3)cc1C. The number of fused-ring (bicyclic) bond motifs is 1. The van der Waals surface area contributed by atoms with Gasteiger partial charge in [-0.15, -0.1) is 0 Å². The molecule has 0 unspecified atom stereocenters. The van der Waals surface area contributed by atoms with Gasteiger partial charge < -0.3 is 14.4 Å². The standard InChI is InChI=1S/C22H25NO3/c1-15-6-7-18(13-16(15)2)22(24)23-10-3-5-19(23)17-8-9-20-21(14-17)26-12-4-11-25-20/h6-9,13-14,19H,3-5,10-12H2,1-2H3/t19-/m1/s1. The van der Waals surface area contributed by atoms with Crippen molar-refractivity contribution in [1.29, 1.82) is 0 Å². The number of hydrogen-bond acceptors (Lipinski definition) is 3. The van der Waals surface area contributed by atoms with Crippen LogP contribution >= 0.6 is 0 Å². The Morgan fingerprint density at radius 1 is 0.962 bits per heavy atom. The fraction of sp³-hybridized carbons (Fsp3) is 0.409. The molecule has 2 heterocycles. The van der Waals surface area contributed by atoms with Gasteiger partial charge >= 0.3 is 0 Å². The fourth-order valence-electron chi connectivity index (χ4n) is 3.78. The number of nitrogens with zero attached hydrogens (tertiary/aromatic N) is 1. The van der Waals surface area contributed by atoms with Gasteiger partial charge in [0.1, 0.15) is 0 Å². The summed E-state index contributed by atoms with van der Waals surface area (Å²) in [6.07, 6.45) is 2.90. The summed E-state index contributed by atoms with van der Waals surface area (Å²) < 4.78 is 11.6. The van der Waals surface area contributed by atoms with Crippen LogP contribution in [-0.2, 0) is 0 Å². The number of rotatable bonds is 2. The van der Waals surface area contributed by atoms with E-state index in [2.05, 4.69) is 26.0 Å². The highest BCUT2D eigenvalue weighted by molar-refractivity contribution is 5.95. The van der Waals surface area contributed by atoms with E-state index in [9.17, 15) is 4.79 Å². The molecule has 0 N–H and O–H groups in total. The van der Waals surface area contributed by atoms with Crippen LogP contribution in [0.15, 0.2) is 36.4 Å². The second-order valence-electron chi connectivity index (χ2n) is 7.21. The molecule has 1 saturated heterocycles. The first kappa shape index (κ1) is 17.0. The van der Waals surface area contributed by atoms with Crippen molar-refractivity contribution in [2.45, 2.75) is 39.2 Å². The minimum Gasteiger partial charge on any atom is -0.490 e. The normalized spacial score (nSPS) is 19.3. The molecule has 2 aromatic carbocycles. The van der Waals surface area contributed by atoms with Gasteiger partial charge in [-0.05, 0) is 67.6 Å². The molecule has 4 rings (SSSR count). The van der Waals surface area contributed by atoms with Crippen LogP contribution in [0.4, 0.5) is 0 Å². The van der Waals surface area contributed by atoms with Crippen molar-refractivity contribution < 1.29 is 14.3 Å². The van der Waals surface area contributed by atoms with Crippen molar-refractivity contribution in [2.75, 3.05) is 19.8 Å². The molecule has 2 aliphatic heterocycles. The van der Waals surface area contributed by atoms with Gasteiger partial charge in [0.05, 0.1) is 19.3 Å². The van der Waals surface area contributed by atoms with Crippen LogP contribution < -0.4 is 9.47 Å². The summed E-state index contributed by atoms with van der Waals surface area (Å²) in [6, 6.07) is 12.2. The Bertz CT molecular complexity index is 830. The van der Waals surface area contributed by atoms with E-state index >= 15 is 0 Å². The topological polar surface area (TPSA) is 38.8 Å². The van der Waals surface area contributed by atoms with Crippen LogP contribution in [-0.4, -0.2) is 30.6 Å². The number of likely N-dealkylation sites (tertiary alicyclic amines) is 1. The number of aryl methyl sites for hydroxylation is 2. The van der Waals surface area contributed by atoms with Gasteiger partial charge in [0.2, 0.25) is 0 Å². The summed E-state index contributed by atoms with van der Waals surface area (Å²) in [7, 11) is 0. The van der Waals surface area contributed by atoms with Gasteiger partial charge in [-0.1, -0.05) is 12.1 Å². The minimum atomic E-state index is 0.0984. The molecule has 0 saturated carbocycles. The number of ether oxygens (including phenoxy) is 2. The van der Waals surface area contributed by atoms with Gasteiger partial charge in [-0.3, -0.25) is 4.79 Å². The maximum absolute atomic E-state index is 13.1. The van der Waals surface area contributed by atoms with E-state index in [1.807, 2.05) is 29.2 Å². The van der Waals surface area contributed by atoms with Crippen LogP contribution in [0.2, 0.25) is 0 Å². The van der Waals surface area contributed by atoms with Gasteiger partial charge in [-0.25, -0.2) is 0 Å². The Hall–Kier alpha value is -2.49. The lowest BCUT2D eigenvalue weighted by Gasteiger charge is -2.26. The molecule has 2 aliphatic rings. The number of benzene rings is 2. The van der Waals surface area contributed by atoms with E-state index in [1.165, 1.54) is 5.56 Å². The van der Waals surface area contributed by atoms with Gasteiger partial charge in [-0.2, -0.15) is 0 Å². The van der Waals surface area contributed by atoms with Crippen molar-refractivity contribution in [1.82, 2.24) is 4.90 Å². The van der Waals surface area contributed by atoms with Crippen molar-refractivity contribution in [3.63, 3.8) is 0 Å². The average Bonchev–Trinajstić information content (AvgIpc) is 3.02. The third-order valence-corrected chi connectivity index (χ3v) is 5.42. The van der Waals surface area contributed by atoms with Crippen molar-refractivity contribution in [3.8, 4) is 11.5 Å². The highest BCUT2D eigenvalue weighted by atomic mass is 16.5. The van der Waals surface area contributed by atoms with Crippen molar-refractivity contribution in [3.05, 3.63) is 58.7 Å². The molecule has 0 bridgehead atoms. The Kier molecular flexibility index (Phi) is 4.58. The molecule has 0 spiro atoms. The molecule has 26 heavy (non-hydrogen) atoms. The Morgan fingerprint density at radius 3 is 2.58 bits per heavy atom. The van der Waals surface area contributed by atoms with Gasteiger partial charge in [0, 0.05) is 18.5 Å². The monoisotopic (exact) mass is 351 g/mol. The van der Waals surface area contributed by atoms with E-state index in [1.54, 1.807) is 0 Å². The van der Waals surface area contributed by atoms with Crippen LogP contribution in [0, 0.1) is 13.8 Å². The lowest BCUT2D eigenvalue weighted by atomic mass is 10.0. The zero-order valence-electron chi connectivity index (χ0n) is 15.5. The zero-order valence-corrected chi connectivity index (χ0v) is 15.5. The highest BCUT2D eigenvalue weighted by Gasteiger charge is 2.31. The van der Waals surface area contributed by atoms with Crippen LogP contribution in [0.5, 0.6) is 11.5 Å². The number of hydrogen-bond donors (Lipinski definition) is 0. The second-order valence-corrected chi connectivity index (χ2v) is 7.21. The lowest BCUT2D eigenvalue weighted by Crippen LogP contribution is -2.30. The molecule has 0 radical (unpaired) electrons. The predicted molar refractivity (Wildman–Crippen MR) is 101 cm³/mol. The molecule has 4 nitrogen and oxygen atoms in total. The maximum atomic E-state index is 13.1. The number of carbonyl (C=O) groups excluding carboxylic acids is 1. The van der Waals surface area contributed by atoms with Crippen LogP contribution in [0.1, 0.15) is 52.4 Å². The quantitative estimate of drug-likeness (QED) is 0.803. The Balaban J connectivity index is 1.61. The number of amides is 1. The summed E-state index contributed by atoms with van der Waals surface area (Å²) in [6.45, 7) is 6.28. The second kappa shape index (κ2) is 7.02. The first-order valence-corrected chi connectivity index (χ1v) is 9.41. The summed E-state index contributed by atoms with van der Waals surface area (Å²) >= 11 is 0. The van der Waals surface area contributed by atoms with Crippen molar-refractivity contribution >= 4 is 5.91 Å². The molecular weight excluding hydrogens is 326 g/mol. The molecule has 2 aromatic rings. The first-order chi connectivity index (χ1) is 12.6. The summed E-state index contributed by atoms with van der Waals surface area (Å²) in [4.78, 5) is 15.1. The maximum Gasteiger partial charge on any atom is 0.254 e. The van der Waals surface area contributed by atoms with Gasteiger partial charge in [0.25, 0.3) is 5.91 Å². The number of carbonyl (C=O) groups is 1. The highest BCUT2D eigenvalue weighted by Crippen LogP contribution is 2.38. The predicted octanol–water partition coefficient (Wildman–Crippen LogP) is 4.44. The van der Waals surface area contributed by atoms with E-state index < -0.39 is 0 Å². The third kappa shape index (κ3) is 3.16. The summed E-state index contributed by atoms with van der Waals surface area (Å²) in [5.41, 5.74) is 4.27. The Morgan fingerprint density at radius 2 is 1.77 bits per heavy atom. The summed E-state index contributed by atoms with van der Waals surface area (Å²) in [5.74, 6) is 1.71. The van der Waals surface area contributed by atoms with Crippen LogP contribution in [0.3, 0.4) is 0 Å². The smallest absolute Gasteiger partial charge is 0.254 e. The zero-order chi connectivity index (χ0) is 18.1. The summed E-state index contributed by atoms with van der Waals surface area (Å²) in [5, 5.41) is 0. The molecule has 4 heteroatoms. The van der Waals surface area contributed by atoms with Crippen LogP contribution in [0.25, 0.3) is 0 Å². The molecular formula is C22H25NO3. The molecule has 1 fully saturated rings. The molecule has 1 amide bonds. The van der Waals surface area contributed by atoms with E-state index in [-0.39, 0.29) is 11.9 Å². The van der Waals surface area contributed by atoms with E-state index in [4.69, 9.17) is 9.47 Å². The lowest BCUT2D eigenvalue weighted by molar-refractivity contribution is 0.0735. The van der Waals surface area contributed by atoms with E-state index in [0.29, 0.717) is 13.2 Å². The fourth-order valence-corrected chi connectivity index (χ4v) is 3.78. The van der Waals surface area contributed by atoms with Crippen molar-refractivity contribution in [2.24, 2.45) is 0 Å². The first-order valence-electron chi connectivity index (χ1n) is 9.41. The third-order valence-electron chi connectivity index (χ3n) is 5.42. The molecule has 0 aliphatic carbocycles. The molecule has 136 valence electrons. The molecule has 1 atom stereocenters.